The third-order valence-electron chi connectivity index (χ3n) is 3.38. The van der Waals surface area contributed by atoms with Gasteiger partial charge in [-0.1, -0.05) is 0 Å². The number of sulfonamides is 1. The summed E-state index contributed by atoms with van der Waals surface area (Å²) in [5.74, 6) is 0.0416. The predicted molar refractivity (Wildman–Crippen MR) is 86.2 cm³/mol. The molecule has 1 saturated heterocycles. The maximum atomic E-state index is 12.2. The lowest BCUT2D eigenvalue weighted by Crippen LogP contribution is -2.36. The molecule has 3 heterocycles. The number of thiophene rings is 1. The Hall–Kier alpha value is -1.97. The number of morpholine rings is 1. The molecule has 1 amide bonds. The van der Waals surface area contributed by atoms with Crippen LogP contribution in [0.3, 0.4) is 0 Å². The van der Waals surface area contributed by atoms with E-state index in [-0.39, 0.29) is 4.90 Å². The standard InChI is InChI=1S/C14H15N3O4S2/c18-14(11-3-8-22-10-11)16-23(19,20)12-1-2-13(15-9-12)17-4-6-21-7-5-17/h1-3,8-10H,4-7H2,(H,16,18). The zero-order valence-corrected chi connectivity index (χ0v) is 13.8. The van der Waals surface area contributed by atoms with E-state index >= 15 is 0 Å². The van der Waals surface area contributed by atoms with Crippen molar-refractivity contribution in [2.75, 3.05) is 31.2 Å². The van der Waals surface area contributed by atoms with E-state index in [1.54, 1.807) is 22.9 Å². The van der Waals surface area contributed by atoms with Gasteiger partial charge in [0, 0.05) is 24.7 Å². The number of pyridine rings is 1. The van der Waals surface area contributed by atoms with E-state index in [4.69, 9.17) is 4.74 Å². The summed E-state index contributed by atoms with van der Waals surface area (Å²) in [7, 11) is -3.93. The fourth-order valence-corrected chi connectivity index (χ4v) is 3.70. The molecule has 2 aromatic rings. The molecular weight excluding hydrogens is 338 g/mol. The normalized spacial score (nSPS) is 15.4. The molecule has 0 aliphatic carbocycles. The average molecular weight is 353 g/mol. The number of carbonyl (C=O) groups excluding carboxylic acids is 1. The van der Waals surface area contributed by atoms with Gasteiger partial charge < -0.3 is 9.64 Å². The van der Waals surface area contributed by atoms with E-state index in [1.165, 1.54) is 23.6 Å². The summed E-state index contributed by atoms with van der Waals surface area (Å²) >= 11 is 1.32. The zero-order chi connectivity index (χ0) is 16.3. The Labute approximate surface area is 138 Å². The van der Waals surface area contributed by atoms with Crippen LogP contribution in [-0.4, -0.2) is 45.6 Å². The second kappa shape index (κ2) is 6.65. The Bertz CT molecular complexity index is 767. The summed E-state index contributed by atoms with van der Waals surface area (Å²) in [6.45, 7) is 2.68. The third kappa shape index (κ3) is 3.69. The maximum Gasteiger partial charge on any atom is 0.265 e. The van der Waals surface area contributed by atoms with Crippen LogP contribution in [0.15, 0.2) is 40.1 Å². The van der Waals surface area contributed by atoms with Gasteiger partial charge in [0.25, 0.3) is 15.9 Å². The van der Waals surface area contributed by atoms with Gasteiger partial charge in [-0.25, -0.2) is 18.1 Å². The molecular formula is C14H15N3O4S2. The number of hydrogen-bond acceptors (Lipinski definition) is 7. The van der Waals surface area contributed by atoms with E-state index < -0.39 is 15.9 Å². The van der Waals surface area contributed by atoms with Gasteiger partial charge in [0.15, 0.2) is 0 Å². The molecule has 122 valence electrons. The molecule has 0 saturated carbocycles. The second-order valence-corrected chi connectivity index (χ2v) is 7.36. The number of carbonyl (C=O) groups is 1. The van der Waals surface area contributed by atoms with Crippen LogP contribution in [0.25, 0.3) is 0 Å². The molecule has 0 bridgehead atoms. The smallest absolute Gasteiger partial charge is 0.265 e. The number of anilines is 1. The SMILES string of the molecule is O=C(NS(=O)(=O)c1ccc(N2CCOCC2)nc1)c1ccsc1. The first-order valence-electron chi connectivity index (χ1n) is 6.94. The van der Waals surface area contributed by atoms with Crippen molar-refractivity contribution in [3.63, 3.8) is 0 Å². The zero-order valence-electron chi connectivity index (χ0n) is 12.1. The molecule has 7 nitrogen and oxygen atoms in total. The van der Waals surface area contributed by atoms with Crippen molar-refractivity contribution in [1.82, 2.24) is 9.71 Å². The van der Waals surface area contributed by atoms with Crippen molar-refractivity contribution in [2.24, 2.45) is 0 Å². The molecule has 0 spiro atoms. The highest BCUT2D eigenvalue weighted by Crippen LogP contribution is 2.16. The van der Waals surface area contributed by atoms with Crippen LogP contribution in [-0.2, 0) is 14.8 Å². The molecule has 2 aromatic heterocycles. The Morgan fingerprint density at radius 2 is 2.04 bits per heavy atom. The highest BCUT2D eigenvalue weighted by Gasteiger charge is 2.20. The lowest BCUT2D eigenvalue weighted by Gasteiger charge is -2.27. The molecule has 1 fully saturated rings. The van der Waals surface area contributed by atoms with Gasteiger partial charge in [-0.2, -0.15) is 11.3 Å². The first-order chi connectivity index (χ1) is 11.1. The van der Waals surface area contributed by atoms with E-state index in [9.17, 15) is 13.2 Å². The highest BCUT2D eigenvalue weighted by molar-refractivity contribution is 7.90. The summed E-state index contributed by atoms with van der Waals surface area (Å²) in [4.78, 5) is 18.0. The number of nitrogens with zero attached hydrogens (tertiary/aromatic N) is 2. The van der Waals surface area contributed by atoms with Crippen LogP contribution in [0.1, 0.15) is 10.4 Å². The molecule has 1 aliphatic rings. The quantitative estimate of drug-likeness (QED) is 0.885. The van der Waals surface area contributed by atoms with Crippen molar-refractivity contribution >= 4 is 33.1 Å². The van der Waals surface area contributed by atoms with Gasteiger partial charge in [0.1, 0.15) is 10.7 Å². The van der Waals surface area contributed by atoms with Crippen LogP contribution >= 0.6 is 11.3 Å². The van der Waals surface area contributed by atoms with Gasteiger partial charge >= 0.3 is 0 Å². The monoisotopic (exact) mass is 353 g/mol. The molecule has 1 aliphatic heterocycles. The van der Waals surface area contributed by atoms with Gasteiger partial charge in [-0.15, -0.1) is 0 Å². The molecule has 0 atom stereocenters. The summed E-state index contributed by atoms with van der Waals surface area (Å²) < 4.78 is 31.8. The Morgan fingerprint density at radius 1 is 1.26 bits per heavy atom. The number of ether oxygens (including phenoxy) is 1. The van der Waals surface area contributed by atoms with Crippen molar-refractivity contribution in [2.45, 2.75) is 4.90 Å². The minimum atomic E-state index is -3.93. The van der Waals surface area contributed by atoms with Gasteiger partial charge in [-0.3, -0.25) is 4.79 Å². The number of hydrogen-bond donors (Lipinski definition) is 1. The summed E-state index contributed by atoms with van der Waals surface area (Å²) in [5, 5.41) is 3.30. The molecule has 0 aromatic carbocycles. The first-order valence-corrected chi connectivity index (χ1v) is 9.37. The van der Waals surface area contributed by atoms with Crippen molar-refractivity contribution in [3.8, 4) is 0 Å². The molecule has 23 heavy (non-hydrogen) atoms. The lowest BCUT2D eigenvalue weighted by molar-refractivity contribution is 0.0982. The third-order valence-corrected chi connectivity index (χ3v) is 5.38. The predicted octanol–water partition coefficient (Wildman–Crippen LogP) is 1.10. The average Bonchev–Trinajstić information content (AvgIpc) is 3.10. The Kier molecular flexibility index (Phi) is 4.60. The highest BCUT2D eigenvalue weighted by atomic mass is 32.2. The minimum absolute atomic E-state index is 0.0434. The van der Waals surface area contributed by atoms with Crippen LogP contribution in [0.2, 0.25) is 0 Å². The molecule has 3 rings (SSSR count). The number of nitrogens with one attached hydrogen (secondary N) is 1. The van der Waals surface area contributed by atoms with Gasteiger partial charge in [0.05, 0.1) is 18.8 Å². The van der Waals surface area contributed by atoms with Gasteiger partial charge in [-0.05, 0) is 23.6 Å². The van der Waals surface area contributed by atoms with Crippen LogP contribution in [0.4, 0.5) is 5.82 Å². The molecule has 0 radical (unpaired) electrons. The largest absolute Gasteiger partial charge is 0.378 e. The fraction of sp³-hybridized carbons (Fsp3) is 0.286. The molecule has 0 unspecified atom stereocenters. The van der Waals surface area contributed by atoms with E-state index in [2.05, 4.69) is 4.98 Å². The number of amides is 1. The van der Waals surface area contributed by atoms with Crippen LogP contribution in [0.5, 0.6) is 0 Å². The maximum absolute atomic E-state index is 12.2. The van der Waals surface area contributed by atoms with Crippen molar-refractivity contribution in [1.29, 1.82) is 0 Å². The number of aromatic nitrogens is 1. The van der Waals surface area contributed by atoms with E-state index in [0.29, 0.717) is 37.7 Å². The van der Waals surface area contributed by atoms with E-state index in [0.717, 1.165) is 0 Å². The van der Waals surface area contributed by atoms with Crippen LogP contribution in [0, 0.1) is 0 Å². The molecule has 9 heteroatoms. The molecule has 1 N–H and O–H groups in total. The van der Waals surface area contributed by atoms with Gasteiger partial charge in [0.2, 0.25) is 0 Å². The fourth-order valence-electron chi connectivity index (χ4n) is 2.14. The Morgan fingerprint density at radius 3 is 2.65 bits per heavy atom. The summed E-state index contributed by atoms with van der Waals surface area (Å²) in [5.41, 5.74) is 0.316. The lowest BCUT2D eigenvalue weighted by atomic mass is 10.3. The first kappa shape index (κ1) is 15.9. The van der Waals surface area contributed by atoms with E-state index in [1.807, 2.05) is 9.62 Å². The summed E-state index contributed by atoms with van der Waals surface area (Å²) in [6.07, 6.45) is 1.26. The Balaban J connectivity index is 1.73. The minimum Gasteiger partial charge on any atom is -0.378 e. The summed E-state index contributed by atoms with van der Waals surface area (Å²) in [6, 6.07) is 4.64. The van der Waals surface area contributed by atoms with Crippen LogP contribution < -0.4 is 9.62 Å². The van der Waals surface area contributed by atoms with Crippen molar-refractivity contribution < 1.29 is 17.9 Å². The topological polar surface area (TPSA) is 88.6 Å². The second-order valence-electron chi connectivity index (χ2n) is 4.90. The van der Waals surface area contributed by atoms with Crippen molar-refractivity contribution in [3.05, 3.63) is 40.7 Å². The number of rotatable bonds is 4.